The van der Waals surface area contributed by atoms with Crippen LogP contribution in [-0.2, 0) is 6.54 Å². The van der Waals surface area contributed by atoms with Crippen LogP contribution >= 0.6 is 0 Å². The van der Waals surface area contributed by atoms with Gasteiger partial charge in [0.05, 0.1) is 0 Å². The van der Waals surface area contributed by atoms with E-state index in [4.69, 9.17) is 0 Å². The molecule has 25 heavy (non-hydrogen) atoms. The Kier molecular flexibility index (Phi) is 11.9. The summed E-state index contributed by atoms with van der Waals surface area (Å²) in [5, 5.41) is 18.7. The normalized spacial score (nSPS) is 11.1. The van der Waals surface area contributed by atoms with Crippen LogP contribution in [0, 0.1) is 0 Å². The maximum atomic E-state index is 11.7. The highest BCUT2D eigenvalue weighted by Gasteiger charge is 2.06. The molecule has 0 spiro atoms. The summed E-state index contributed by atoms with van der Waals surface area (Å²) in [5.74, 6) is -0.893. The Morgan fingerprint density at radius 2 is 1.20 bits per heavy atom. The maximum absolute atomic E-state index is 11.7. The monoisotopic (exact) mass is 351 g/mol. The summed E-state index contributed by atoms with van der Waals surface area (Å²) in [5.41, 5.74) is -0.505. The second-order valence-corrected chi connectivity index (χ2v) is 7.14. The van der Waals surface area contributed by atoms with Crippen LogP contribution in [0.5, 0.6) is 11.5 Å². The molecule has 0 radical (unpaired) electrons. The Morgan fingerprint density at radius 3 is 1.68 bits per heavy atom. The van der Waals surface area contributed by atoms with E-state index in [-0.39, 0.29) is 5.75 Å². The first kappa shape index (κ1) is 21.6. The molecule has 0 amide bonds. The highest BCUT2D eigenvalue weighted by molar-refractivity contribution is 5.33. The van der Waals surface area contributed by atoms with Crippen LogP contribution < -0.4 is 5.56 Å². The van der Waals surface area contributed by atoms with Crippen molar-refractivity contribution >= 4 is 0 Å². The standard InChI is InChI=1S/C21H37NO3/c1-2-3-4-5-6-7-8-9-10-11-12-13-14-15-17-22-18-16-19(23)20(24)21(22)25/h16,18,23-24H,2-15,17H2,1H3. The zero-order chi connectivity index (χ0) is 18.3. The van der Waals surface area contributed by atoms with Gasteiger partial charge in [-0.15, -0.1) is 0 Å². The number of aromatic hydroxyl groups is 2. The smallest absolute Gasteiger partial charge is 0.296 e. The summed E-state index contributed by atoms with van der Waals surface area (Å²) in [7, 11) is 0. The number of rotatable bonds is 15. The first-order valence-corrected chi connectivity index (χ1v) is 10.3. The second-order valence-electron chi connectivity index (χ2n) is 7.14. The van der Waals surface area contributed by atoms with E-state index in [0.29, 0.717) is 6.54 Å². The minimum Gasteiger partial charge on any atom is -0.504 e. The lowest BCUT2D eigenvalue weighted by atomic mass is 10.0. The molecule has 0 aliphatic carbocycles. The maximum Gasteiger partial charge on any atom is 0.296 e. The average Bonchev–Trinajstić information content (AvgIpc) is 2.61. The molecule has 4 nitrogen and oxygen atoms in total. The van der Waals surface area contributed by atoms with Gasteiger partial charge in [0.2, 0.25) is 5.75 Å². The van der Waals surface area contributed by atoms with Gasteiger partial charge in [0, 0.05) is 18.8 Å². The van der Waals surface area contributed by atoms with Crippen molar-refractivity contribution in [2.24, 2.45) is 0 Å². The first-order valence-electron chi connectivity index (χ1n) is 10.3. The van der Waals surface area contributed by atoms with E-state index in [2.05, 4.69) is 6.92 Å². The quantitative estimate of drug-likeness (QED) is 0.396. The fraction of sp³-hybridized carbons (Fsp3) is 0.762. The van der Waals surface area contributed by atoms with E-state index in [1.165, 1.54) is 87.7 Å². The summed E-state index contributed by atoms with van der Waals surface area (Å²) >= 11 is 0. The number of unbranched alkanes of at least 4 members (excludes halogenated alkanes) is 13. The van der Waals surface area contributed by atoms with Gasteiger partial charge in [0.25, 0.3) is 5.56 Å². The van der Waals surface area contributed by atoms with Crippen molar-refractivity contribution in [2.45, 2.75) is 103 Å². The highest BCUT2D eigenvalue weighted by atomic mass is 16.3. The van der Waals surface area contributed by atoms with Crippen LogP contribution in [-0.4, -0.2) is 14.8 Å². The molecule has 1 heterocycles. The van der Waals surface area contributed by atoms with E-state index in [9.17, 15) is 15.0 Å². The van der Waals surface area contributed by atoms with Gasteiger partial charge in [0.1, 0.15) is 0 Å². The van der Waals surface area contributed by atoms with Crippen molar-refractivity contribution in [3.8, 4) is 11.5 Å². The second kappa shape index (κ2) is 13.8. The molecule has 0 bridgehead atoms. The number of nitrogens with zero attached hydrogens (tertiary/aromatic N) is 1. The molecule has 0 aliphatic rings. The fourth-order valence-corrected chi connectivity index (χ4v) is 3.21. The van der Waals surface area contributed by atoms with Gasteiger partial charge >= 0.3 is 0 Å². The first-order chi connectivity index (χ1) is 12.2. The summed E-state index contributed by atoms with van der Waals surface area (Å²) in [6.45, 7) is 2.86. The molecular weight excluding hydrogens is 314 g/mol. The summed E-state index contributed by atoms with van der Waals surface area (Å²) in [6.07, 6.45) is 19.8. The average molecular weight is 352 g/mol. The van der Waals surface area contributed by atoms with Gasteiger partial charge in [0.15, 0.2) is 5.75 Å². The van der Waals surface area contributed by atoms with Gasteiger partial charge in [-0.25, -0.2) is 0 Å². The Labute approximate surface area is 152 Å². The third-order valence-electron chi connectivity index (χ3n) is 4.87. The highest BCUT2D eigenvalue weighted by Crippen LogP contribution is 2.18. The van der Waals surface area contributed by atoms with Gasteiger partial charge in [-0.05, 0) is 6.42 Å². The molecule has 0 fully saturated rings. The Morgan fingerprint density at radius 1 is 0.760 bits per heavy atom. The van der Waals surface area contributed by atoms with E-state index < -0.39 is 11.3 Å². The molecule has 0 saturated heterocycles. The van der Waals surface area contributed by atoms with Gasteiger partial charge in [-0.2, -0.15) is 0 Å². The predicted octanol–water partition coefficient (Wildman–Crippen LogP) is 5.74. The molecular formula is C21H37NO3. The lowest BCUT2D eigenvalue weighted by Crippen LogP contribution is -2.18. The Balaban J connectivity index is 1.91. The van der Waals surface area contributed by atoms with E-state index >= 15 is 0 Å². The molecule has 0 aromatic carbocycles. The predicted molar refractivity (Wildman–Crippen MR) is 104 cm³/mol. The lowest BCUT2D eigenvalue weighted by Gasteiger charge is -2.07. The third-order valence-corrected chi connectivity index (χ3v) is 4.87. The van der Waals surface area contributed by atoms with Crippen LogP contribution in [0.1, 0.15) is 96.8 Å². The third kappa shape index (κ3) is 9.57. The van der Waals surface area contributed by atoms with E-state index in [0.717, 1.165) is 12.8 Å². The zero-order valence-corrected chi connectivity index (χ0v) is 16.0. The Hall–Kier alpha value is -1.45. The molecule has 2 N–H and O–H groups in total. The minimum absolute atomic E-state index is 0.345. The van der Waals surface area contributed by atoms with E-state index in [1.54, 1.807) is 6.20 Å². The molecule has 1 aromatic rings. The van der Waals surface area contributed by atoms with Crippen molar-refractivity contribution in [1.82, 2.24) is 4.57 Å². The van der Waals surface area contributed by atoms with Crippen LogP contribution in [0.25, 0.3) is 0 Å². The molecule has 144 valence electrons. The van der Waals surface area contributed by atoms with Crippen LogP contribution in [0.4, 0.5) is 0 Å². The molecule has 0 aliphatic heterocycles. The number of hydrogen-bond donors (Lipinski definition) is 2. The number of pyridine rings is 1. The van der Waals surface area contributed by atoms with Crippen molar-refractivity contribution < 1.29 is 10.2 Å². The largest absolute Gasteiger partial charge is 0.504 e. The van der Waals surface area contributed by atoms with Crippen molar-refractivity contribution in [1.29, 1.82) is 0 Å². The van der Waals surface area contributed by atoms with Crippen LogP contribution in [0.3, 0.4) is 0 Å². The van der Waals surface area contributed by atoms with E-state index in [1.807, 2.05) is 0 Å². The molecule has 0 unspecified atom stereocenters. The van der Waals surface area contributed by atoms with Gasteiger partial charge in [-0.1, -0.05) is 90.4 Å². The SMILES string of the molecule is CCCCCCCCCCCCCCCCn1ccc(O)c(O)c1=O. The summed E-state index contributed by atoms with van der Waals surface area (Å²) in [6, 6.07) is 1.36. The zero-order valence-electron chi connectivity index (χ0n) is 16.0. The van der Waals surface area contributed by atoms with Crippen LogP contribution in [0.2, 0.25) is 0 Å². The molecule has 4 heteroatoms. The number of hydrogen-bond acceptors (Lipinski definition) is 3. The Bertz CT molecular complexity index is 510. The summed E-state index contributed by atoms with van der Waals surface area (Å²) in [4.78, 5) is 11.7. The van der Waals surface area contributed by atoms with Crippen molar-refractivity contribution in [3.05, 3.63) is 22.6 Å². The number of aromatic nitrogens is 1. The molecule has 1 rings (SSSR count). The van der Waals surface area contributed by atoms with Crippen molar-refractivity contribution in [3.63, 3.8) is 0 Å². The lowest BCUT2D eigenvalue weighted by molar-refractivity contribution is 0.389. The number of aryl methyl sites for hydroxylation is 1. The van der Waals surface area contributed by atoms with Crippen LogP contribution in [0.15, 0.2) is 17.1 Å². The fourth-order valence-electron chi connectivity index (χ4n) is 3.21. The van der Waals surface area contributed by atoms with Crippen molar-refractivity contribution in [2.75, 3.05) is 0 Å². The summed E-state index contributed by atoms with van der Waals surface area (Å²) < 4.78 is 1.47. The van der Waals surface area contributed by atoms with Gasteiger partial charge < -0.3 is 14.8 Å². The minimum atomic E-state index is -0.548. The molecule has 0 saturated carbocycles. The van der Waals surface area contributed by atoms with Gasteiger partial charge in [-0.3, -0.25) is 4.79 Å². The topological polar surface area (TPSA) is 62.5 Å². The molecule has 0 atom stereocenters. The molecule has 1 aromatic heterocycles.